The minimum atomic E-state index is 0.910. The molecule has 0 spiro atoms. The Morgan fingerprint density at radius 1 is 1.67 bits per heavy atom. The van der Waals surface area contributed by atoms with Crippen molar-refractivity contribution < 1.29 is 0 Å². The summed E-state index contributed by atoms with van der Waals surface area (Å²) in [7, 11) is 0. The average Bonchev–Trinajstić information content (AvgIpc) is 2.35. The van der Waals surface area contributed by atoms with Gasteiger partial charge in [-0.15, -0.1) is 0 Å². The van der Waals surface area contributed by atoms with Crippen LogP contribution in [0, 0.1) is 6.92 Å². The number of nitrogens with zero attached hydrogens (tertiary/aromatic N) is 2. The molecule has 0 saturated heterocycles. The van der Waals surface area contributed by atoms with E-state index in [1.54, 1.807) is 6.20 Å². The van der Waals surface area contributed by atoms with Gasteiger partial charge in [0.1, 0.15) is 0 Å². The van der Waals surface area contributed by atoms with Crippen LogP contribution < -0.4 is 0 Å². The third-order valence-corrected chi connectivity index (χ3v) is 1.43. The van der Waals surface area contributed by atoms with Gasteiger partial charge >= 0.3 is 0 Å². The van der Waals surface area contributed by atoms with Crippen molar-refractivity contribution in [1.29, 1.82) is 0 Å². The lowest BCUT2D eigenvalue weighted by Gasteiger charge is -1.81. The number of aryl methyl sites for hydroxylation is 1. The number of hydrogen-bond donors (Lipinski definition) is 1. The molecule has 2 aromatic heterocycles. The van der Waals surface area contributed by atoms with Gasteiger partial charge in [0.25, 0.3) is 0 Å². The fourth-order valence-corrected chi connectivity index (χ4v) is 0.933. The Hall–Kier alpha value is -1.25. The van der Waals surface area contributed by atoms with Gasteiger partial charge in [0, 0.05) is 24.3 Å². The van der Waals surface area contributed by atoms with Gasteiger partial charge in [-0.1, -0.05) is 0 Å². The van der Waals surface area contributed by atoms with Crippen LogP contribution >= 0.6 is 0 Å². The molecule has 2 rings (SSSR count). The lowest BCUT2D eigenvalue weighted by molar-refractivity contribution is 1.13. The molecule has 0 atom stereocenters. The molecule has 0 aromatic carbocycles. The minimum Gasteiger partial charge on any atom is -0.330 e. The number of H-pyrrole nitrogens is 1. The highest BCUT2D eigenvalue weighted by molar-refractivity contribution is 5.30. The molecular formula is C6H7N3. The number of aromatic nitrogens is 3. The maximum Gasteiger partial charge on any atom is 0.211 e. The first kappa shape index (κ1) is 4.61. The number of nitrogens with one attached hydrogen (secondary N) is 1. The number of fused-ring (bicyclic) bond motifs is 1. The second kappa shape index (κ2) is 1.37. The maximum absolute atomic E-state index is 4.05. The van der Waals surface area contributed by atoms with Crippen molar-refractivity contribution in [2.24, 2.45) is 0 Å². The van der Waals surface area contributed by atoms with Crippen LogP contribution in [0.25, 0.3) is 5.78 Å². The fraction of sp³-hybridized carbons (Fsp3) is 0.167. The zero-order chi connectivity index (χ0) is 6.27. The summed E-state index contributed by atoms with van der Waals surface area (Å²) in [5.74, 6) is 0.910. The molecule has 0 aliphatic rings. The van der Waals surface area contributed by atoms with E-state index in [-0.39, 0.29) is 0 Å². The van der Waals surface area contributed by atoms with Crippen molar-refractivity contribution in [3.8, 4) is 0 Å². The topological polar surface area (TPSA) is 33.1 Å². The summed E-state index contributed by atoms with van der Waals surface area (Å²) in [6.07, 6.45) is 5.64. The van der Waals surface area contributed by atoms with Crippen molar-refractivity contribution in [3.05, 3.63) is 24.3 Å². The Balaban J connectivity index is 2.99. The summed E-state index contributed by atoms with van der Waals surface area (Å²) in [6.45, 7) is 2.03. The van der Waals surface area contributed by atoms with Gasteiger partial charge in [-0.05, 0) is 6.92 Å². The highest BCUT2D eigenvalue weighted by Crippen LogP contribution is 2.00. The first-order valence-corrected chi connectivity index (χ1v) is 2.85. The normalized spacial score (nSPS) is 10.8. The Bertz CT molecular complexity index is 317. The van der Waals surface area contributed by atoms with Gasteiger partial charge in [-0.3, -0.25) is 4.40 Å². The van der Waals surface area contributed by atoms with E-state index in [1.807, 2.05) is 23.7 Å². The van der Waals surface area contributed by atoms with E-state index >= 15 is 0 Å². The molecule has 0 bridgehead atoms. The molecule has 0 fully saturated rings. The summed E-state index contributed by atoms with van der Waals surface area (Å²) in [6, 6.07) is 0. The van der Waals surface area contributed by atoms with Crippen LogP contribution in [0.15, 0.2) is 18.6 Å². The first-order chi connectivity index (χ1) is 4.38. The Labute approximate surface area is 52.3 Å². The van der Waals surface area contributed by atoms with Crippen LogP contribution in [-0.4, -0.2) is 14.4 Å². The van der Waals surface area contributed by atoms with Gasteiger partial charge in [-0.2, -0.15) is 0 Å². The number of rotatable bonds is 0. The highest BCUT2D eigenvalue weighted by Gasteiger charge is 1.94. The van der Waals surface area contributed by atoms with Crippen molar-refractivity contribution in [2.45, 2.75) is 6.92 Å². The van der Waals surface area contributed by atoms with Gasteiger partial charge in [-0.25, -0.2) is 4.98 Å². The summed E-state index contributed by atoms with van der Waals surface area (Å²) in [5, 5.41) is 0. The van der Waals surface area contributed by atoms with Gasteiger partial charge in [0.15, 0.2) is 0 Å². The molecule has 2 heterocycles. The van der Waals surface area contributed by atoms with Crippen LogP contribution in [0.1, 0.15) is 5.69 Å². The van der Waals surface area contributed by atoms with Crippen LogP contribution in [0.4, 0.5) is 0 Å². The highest BCUT2D eigenvalue weighted by atomic mass is 15.1. The third kappa shape index (κ3) is 0.483. The molecule has 9 heavy (non-hydrogen) atoms. The Kier molecular flexibility index (Phi) is 0.704. The van der Waals surface area contributed by atoms with E-state index in [0.29, 0.717) is 0 Å². The van der Waals surface area contributed by atoms with E-state index in [1.165, 1.54) is 5.69 Å². The molecule has 3 heteroatoms. The molecular weight excluding hydrogens is 114 g/mol. The van der Waals surface area contributed by atoms with Crippen molar-refractivity contribution >= 4 is 5.78 Å². The van der Waals surface area contributed by atoms with Crippen molar-refractivity contribution in [1.82, 2.24) is 14.4 Å². The molecule has 46 valence electrons. The molecule has 0 unspecified atom stereocenters. The van der Waals surface area contributed by atoms with E-state index < -0.39 is 0 Å². The van der Waals surface area contributed by atoms with Crippen molar-refractivity contribution in [2.75, 3.05) is 0 Å². The smallest absolute Gasteiger partial charge is 0.211 e. The quantitative estimate of drug-likeness (QED) is 0.553. The van der Waals surface area contributed by atoms with E-state index in [0.717, 1.165) is 5.78 Å². The van der Waals surface area contributed by atoms with Crippen LogP contribution in [0.5, 0.6) is 0 Å². The molecule has 3 nitrogen and oxygen atoms in total. The zero-order valence-corrected chi connectivity index (χ0v) is 5.13. The third-order valence-electron chi connectivity index (χ3n) is 1.43. The summed E-state index contributed by atoms with van der Waals surface area (Å²) in [4.78, 5) is 7.07. The van der Waals surface area contributed by atoms with Crippen molar-refractivity contribution in [3.63, 3.8) is 0 Å². The Morgan fingerprint density at radius 2 is 2.56 bits per heavy atom. The zero-order valence-electron chi connectivity index (χ0n) is 5.13. The summed E-state index contributed by atoms with van der Waals surface area (Å²) >= 11 is 0. The maximum atomic E-state index is 4.05. The molecule has 0 radical (unpaired) electrons. The average molecular weight is 121 g/mol. The standard InChI is InChI=1S/C6H7N3/c1-5-4-8-6-7-2-3-9(5)6/h2-4H,1H3,(H,7,8). The summed E-state index contributed by atoms with van der Waals surface area (Å²) in [5.41, 5.74) is 1.18. The number of imidazole rings is 2. The molecule has 0 aliphatic heterocycles. The fourth-order valence-electron chi connectivity index (χ4n) is 0.933. The van der Waals surface area contributed by atoms with Crippen LogP contribution in [-0.2, 0) is 0 Å². The minimum absolute atomic E-state index is 0.910. The number of hydrogen-bond acceptors (Lipinski definition) is 1. The van der Waals surface area contributed by atoms with Gasteiger partial charge < -0.3 is 4.98 Å². The first-order valence-electron chi connectivity index (χ1n) is 2.85. The van der Waals surface area contributed by atoms with Crippen LogP contribution in [0.2, 0.25) is 0 Å². The molecule has 0 saturated carbocycles. The van der Waals surface area contributed by atoms with Crippen LogP contribution in [0.3, 0.4) is 0 Å². The second-order valence-corrected chi connectivity index (χ2v) is 2.05. The lowest BCUT2D eigenvalue weighted by Crippen LogP contribution is -1.77. The van der Waals surface area contributed by atoms with Gasteiger partial charge in [0.05, 0.1) is 0 Å². The van der Waals surface area contributed by atoms with Gasteiger partial charge in [0.2, 0.25) is 5.78 Å². The monoisotopic (exact) mass is 121 g/mol. The van der Waals surface area contributed by atoms with E-state index in [4.69, 9.17) is 0 Å². The second-order valence-electron chi connectivity index (χ2n) is 2.05. The SMILES string of the molecule is Cc1c[nH]c2nccn12. The predicted octanol–water partition coefficient (Wildman–Crippen LogP) is 0.971. The molecule has 0 amide bonds. The largest absolute Gasteiger partial charge is 0.330 e. The van der Waals surface area contributed by atoms with E-state index in [2.05, 4.69) is 9.97 Å². The Morgan fingerprint density at radius 3 is 3.33 bits per heavy atom. The molecule has 1 N–H and O–H groups in total. The molecule has 0 aliphatic carbocycles. The number of aromatic amines is 1. The molecule has 2 aromatic rings. The lowest BCUT2D eigenvalue weighted by atomic mass is 10.6. The van der Waals surface area contributed by atoms with E-state index in [9.17, 15) is 0 Å². The predicted molar refractivity (Wildman–Crippen MR) is 34.3 cm³/mol. The summed E-state index contributed by atoms with van der Waals surface area (Å²) < 4.78 is 2.00.